The van der Waals surface area contributed by atoms with Crippen molar-refractivity contribution in [1.29, 1.82) is 0 Å². The molecule has 0 N–H and O–H groups in total. The maximum Gasteiger partial charge on any atom is 0.240 e. The Bertz CT molecular complexity index is 720. The second-order valence-electron chi connectivity index (χ2n) is 7.31. The van der Waals surface area contributed by atoms with Gasteiger partial charge in [0.2, 0.25) is 5.89 Å². The molecule has 0 radical (unpaired) electrons. The summed E-state index contributed by atoms with van der Waals surface area (Å²) in [5.41, 5.74) is 0. The molecule has 0 spiro atoms. The fourth-order valence-corrected chi connectivity index (χ4v) is 3.34. The highest BCUT2D eigenvalue weighted by Crippen LogP contribution is 2.18. The van der Waals surface area contributed by atoms with Crippen molar-refractivity contribution in [2.75, 3.05) is 62.3 Å². The van der Waals surface area contributed by atoms with Crippen LogP contribution in [0.2, 0.25) is 0 Å². The van der Waals surface area contributed by atoms with Crippen molar-refractivity contribution in [2.45, 2.75) is 26.3 Å². The van der Waals surface area contributed by atoms with E-state index in [1.54, 1.807) is 0 Å². The lowest BCUT2D eigenvalue weighted by Crippen LogP contribution is -2.46. The lowest BCUT2D eigenvalue weighted by atomic mass is 10.2. The molecule has 0 saturated carbocycles. The molecule has 9 nitrogen and oxygen atoms in total. The molecule has 0 atom stereocenters. The van der Waals surface area contributed by atoms with Gasteiger partial charge in [-0.2, -0.15) is 4.98 Å². The smallest absolute Gasteiger partial charge is 0.240 e. The van der Waals surface area contributed by atoms with Crippen LogP contribution in [0.1, 0.15) is 31.5 Å². The van der Waals surface area contributed by atoms with Crippen LogP contribution >= 0.6 is 0 Å². The van der Waals surface area contributed by atoms with Gasteiger partial charge >= 0.3 is 0 Å². The average Bonchev–Trinajstić information content (AvgIpc) is 3.18. The third kappa shape index (κ3) is 4.36. The van der Waals surface area contributed by atoms with Crippen molar-refractivity contribution in [3.05, 3.63) is 23.8 Å². The van der Waals surface area contributed by atoms with Crippen LogP contribution in [-0.4, -0.2) is 77.7 Å². The molecule has 4 heterocycles. The number of rotatable bonds is 5. The summed E-state index contributed by atoms with van der Waals surface area (Å²) in [6, 6.07) is 4.13. The first kappa shape index (κ1) is 18.1. The van der Waals surface area contributed by atoms with Crippen LogP contribution in [0, 0.1) is 0 Å². The molecule has 27 heavy (non-hydrogen) atoms. The summed E-state index contributed by atoms with van der Waals surface area (Å²) in [6.45, 7) is 11.8. The molecule has 2 aliphatic heterocycles. The molecule has 146 valence electrons. The molecule has 0 amide bonds. The summed E-state index contributed by atoms with van der Waals surface area (Å²) >= 11 is 0. The highest BCUT2D eigenvalue weighted by molar-refractivity contribution is 5.45. The monoisotopic (exact) mass is 373 g/mol. The van der Waals surface area contributed by atoms with Gasteiger partial charge in [-0.25, -0.2) is 0 Å². The number of hydrogen-bond donors (Lipinski definition) is 0. The zero-order valence-electron chi connectivity index (χ0n) is 16.0. The summed E-state index contributed by atoms with van der Waals surface area (Å²) < 4.78 is 10.7. The highest BCUT2D eigenvalue weighted by atomic mass is 16.5. The number of morpholine rings is 1. The first-order valence-corrected chi connectivity index (χ1v) is 9.65. The van der Waals surface area contributed by atoms with Gasteiger partial charge in [-0.15, -0.1) is 10.2 Å². The maximum atomic E-state index is 5.39. The Morgan fingerprint density at radius 3 is 2.11 bits per heavy atom. The third-order valence-electron chi connectivity index (χ3n) is 5.03. The average molecular weight is 373 g/mol. The van der Waals surface area contributed by atoms with Crippen molar-refractivity contribution in [3.63, 3.8) is 0 Å². The summed E-state index contributed by atoms with van der Waals surface area (Å²) in [4.78, 5) is 11.3. The molecule has 2 fully saturated rings. The van der Waals surface area contributed by atoms with E-state index in [0.717, 1.165) is 69.9 Å². The number of anilines is 2. The van der Waals surface area contributed by atoms with Crippen LogP contribution in [0.25, 0.3) is 0 Å². The zero-order valence-corrected chi connectivity index (χ0v) is 16.0. The number of hydrogen-bond acceptors (Lipinski definition) is 9. The third-order valence-corrected chi connectivity index (χ3v) is 5.03. The van der Waals surface area contributed by atoms with E-state index < -0.39 is 0 Å². The van der Waals surface area contributed by atoms with E-state index in [9.17, 15) is 0 Å². The molecule has 2 aromatic rings. The summed E-state index contributed by atoms with van der Waals surface area (Å²) in [5, 5.41) is 12.9. The van der Waals surface area contributed by atoms with E-state index in [2.05, 4.69) is 61.0 Å². The molecule has 0 unspecified atom stereocenters. The zero-order chi connectivity index (χ0) is 18.6. The van der Waals surface area contributed by atoms with Gasteiger partial charge in [0.15, 0.2) is 17.5 Å². The second kappa shape index (κ2) is 8.18. The molecule has 4 rings (SSSR count). The van der Waals surface area contributed by atoms with Crippen molar-refractivity contribution in [2.24, 2.45) is 0 Å². The Hall–Kier alpha value is -2.26. The van der Waals surface area contributed by atoms with E-state index in [0.29, 0.717) is 18.4 Å². The minimum absolute atomic E-state index is 0.290. The van der Waals surface area contributed by atoms with Gasteiger partial charge in [-0.1, -0.05) is 19.0 Å². The molecule has 2 aromatic heterocycles. The van der Waals surface area contributed by atoms with Crippen LogP contribution in [-0.2, 0) is 11.3 Å². The standard InChI is InChI=1S/C18H27N7O2/c1-14(2)18-19-17(27-22-18)13-23-5-7-24(8-6-23)15-3-4-16(21-20-15)25-9-11-26-12-10-25/h3-4,14H,5-13H2,1-2H3. The molecule has 2 saturated heterocycles. The first-order valence-electron chi connectivity index (χ1n) is 9.65. The van der Waals surface area contributed by atoms with Gasteiger partial charge < -0.3 is 19.1 Å². The van der Waals surface area contributed by atoms with Crippen molar-refractivity contribution < 1.29 is 9.26 Å². The van der Waals surface area contributed by atoms with Gasteiger partial charge in [0.25, 0.3) is 0 Å². The van der Waals surface area contributed by atoms with Gasteiger partial charge in [0, 0.05) is 45.2 Å². The van der Waals surface area contributed by atoms with E-state index in [1.807, 2.05) is 0 Å². The summed E-state index contributed by atoms with van der Waals surface area (Å²) in [5.74, 6) is 3.63. The Morgan fingerprint density at radius 2 is 1.56 bits per heavy atom. The normalized spacial score (nSPS) is 19.1. The predicted octanol–water partition coefficient (Wildman–Crippen LogP) is 1.14. The molecular formula is C18H27N7O2. The lowest BCUT2D eigenvalue weighted by molar-refractivity contribution is 0.122. The van der Waals surface area contributed by atoms with Gasteiger partial charge in [-0.3, -0.25) is 4.90 Å². The van der Waals surface area contributed by atoms with Gasteiger partial charge in [-0.05, 0) is 12.1 Å². The van der Waals surface area contributed by atoms with Crippen molar-refractivity contribution in [3.8, 4) is 0 Å². The Balaban J connectivity index is 1.29. The lowest BCUT2D eigenvalue weighted by Gasteiger charge is -2.34. The largest absolute Gasteiger partial charge is 0.378 e. The Kier molecular flexibility index (Phi) is 5.49. The molecule has 0 aromatic carbocycles. The van der Waals surface area contributed by atoms with E-state index in [-0.39, 0.29) is 0 Å². The van der Waals surface area contributed by atoms with Crippen molar-refractivity contribution in [1.82, 2.24) is 25.2 Å². The van der Waals surface area contributed by atoms with E-state index >= 15 is 0 Å². The summed E-state index contributed by atoms with van der Waals surface area (Å²) in [7, 11) is 0. The van der Waals surface area contributed by atoms with E-state index in [1.165, 1.54) is 0 Å². The quantitative estimate of drug-likeness (QED) is 0.766. The van der Waals surface area contributed by atoms with E-state index in [4.69, 9.17) is 9.26 Å². The van der Waals surface area contributed by atoms with Crippen LogP contribution < -0.4 is 9.80 Å². The second-order valence-corrected chi connectivity index (χ2v) is 7.31. The van der Waals surface area contributed by atoms with Crippen LogP contribution in [0.5, 0.6) is 0 Å². The first-order chi connectivity index (χ1) is 13.2. The fourth-order valence-electron chi connectivity index (χ4n) is 3.34. The topological polar surface area (TPSA) is 83.7 Å². The minimum Gasteiger partial charge on any atom is -0.378 e. The summed E-state index contributed by atoms with van der Waals surface area (Å²) in [6.07, 6.45) is 0. The number of ether oxygens (including phenoxy) is 1. The van der Waals surface area contributed by atoms with Crippen molar-refractivity contribution >= 4 is 11.6 Å². The molecule has 0 bridgehead atoms. The Labute approximate surface area is 159 Å². The van der Waals surface area contributed by atoms with Gasteiger partial charge in [0.05, 0.1) is 19.8 Å². The molecule has 9 heteroatoms. The SMILES string of the molecule is CC(C)c1noc(CN2CCN(c3ccc(N4CCOCC4)nn3)CC2)n1. The van der Waals surface area contributed by atoms with Gasteiger partial charge in [0.1, 0.15) is 0 Å². The predicted molar refractivity (Wildman–Crippen MR) is 101 cm³/mol. The number of piperazine rings is 1. The number of nitrogens with zero attached hydrogens (tertiary/aromatic N) is 7. The van der Waals surface area contributed by atoms with Crippen LogP contribution in [0.3, 0.4) is 0 Å². The molecule has 0 aliphatic carbocycles. The minimum atomic E-state index is 0.290. The molecule has 2 aliphatic rings. The fraction of sp³-hybridized carbons (Fsp3) is 0.667. The Morgan fingerprint density at radius 1 is 0.926 bits per heavy atom. The van der Waals surface area contributed by atoms with Crippen LogP contribution in [0.4, 0.5) is 11.6 Å². The molecular weight excluding hydrogens is 346 g/mol. The highest BCUT2D eigenvalue weighted by Gasteiger charge is 2.21. The number of aromatic nitrogens is 4. The van der Waals surface area contributed by atoms with Crippen LogP contribution in [0.15, 0.2) is 16.7 Å². The maximum absolute atomic E-state index is 5.39.